The van der Waals surface area contributed by atoms with Crippen LogP contribution in [0.5, 0.6) is 0 Å². The van der Waals surface area contributed by atoms with Crippen LogP contribution in [0.15, 0.2) is 30.3 Å². The molecule has 5 nitrogen and oxygen atoms in total. The Balaban J connectivity index is 1.71. The van der Waals surface area contributed by atoms with Crippen LogP contribution >= 0.6 is 0 Å². The average molecular weight is 342 g/mol. The minimum Gasteiger partial charge on any atom is -0.347 e. The van der Waals surface area contributed by atoms with Crippen molar-refractivity contribution in [2.24, 2.45) is 5.92 Å². The first-order valence-electron chi connectivity index (χ1n) is 8.65. The molecule has 1 fully saturated rings. The SMILES string of the molecule is Cc1cc(C(=O)NCc2ccccc2F)nc(N2CCC(C)CC2)n1. The Morgan fingerprint density at radius 1 is 1.28 bits per heavy atom. The van der Waals surface area contributed by atoms with Crippen LogP contribution in [0.3, 0.4) is 0 Å². The van der Waals surface area contributed by atoms with Crippen molar-refractivity contribution in [1.82, 2.24) is 15.3 Å². The number of piperidine rings is 1. The molecular formula is C19H23FN4O. The fourth-order valence-electron chi connectivity index (χ4n) is 2.93. The van der Waals surface area contributed by atoms with Crippen molar-refractivity contribution in [1.29, 1.82) is 0 Å². The maximum Gasteiger partial charge on any atom is 0.270 e. The van der Waals surface area contributed by atoms with E-state index in [0.717, 1.165) is 31.6 Å². The molecule has 1 saturated heterocycles. The second-order valence-electron chi connectivity index (χ2n) is 6.64. The fourth-order valence-corrected chi connectivity index (χ4v) is 2.93. The molecule has 3 rings (SSSR count). The molecule has 1 aromatic carbocycles. The molecule has 0 aliphatic carbocycles. The highest BCUT2D eigenvalue weighted by Crippen LogP contribution is 2.20. The number of halogens is 1. The lowest BCUT2D eigenvalue weighted by atomic mass is 10.00. The highest BCUT2D eigenvalue weighted by atomic mass is 19.1. The average Bonchev–Trinajstić information content (AvgIpc) is 2.61. The van der Waals surface area contributed by atoms with Crippen molar-refractivity contribution in [3.05, 3.63) is 53.1 Å². The largest absolute Gasteiger partial charge is 0.347 e. The molecule has 132 valence electrons. The molecule has 1 N–H and O–H groups in total. The number of benzene rings is 1. The lowest BCUT2D eigenvalue weighted by molar-refractivity contribution is 0.0945. The van der Waals surface area contributed by atoms with E-state index in [-0.39, 0.29) is 18.3 Å². The van der Waals surface area contributed by atoms with Gasteiger partial charge in [-0.05, 0) is 37.8 Å². The normalized spacial score (nSPS) is 15.2. The number of nitrogens with one attached hydrogen (secondary N) is 1. The predicted molar refractivity (Wildman–Crippen MR) is 95.0 cm³/mol. The Kier molecular flexibility index (Phi) is 5.26. The van der Waals surface area contributed by atoms with E-state index in [9.17, 15) is 9.18 Å². The molecule has 2 aromatic rings. The standard InChI is InChI=1S/C19H23FN4O/c1-13-7-9-24(10-8-13)19-22-14(2)11-17(23-19)18(25)21-12-15-5-3-4-6-16(15)20/h3-6,11,13H,7-10,12H2,1-2H3,(H,21,25). The molecule has 0 atom stereocenters. The van der Waals surface area contributed by atoms with Crippen LogP contribution < -0.4 is 10.2 Å². The summed E-state index contributed by atoms with van der Waals surface area (Å²) in [5, 5.41) is 2.73. The lowest BCUT2D eigenvalue weighted by Gasteiger charge is -2.30. The third kappa shape index (κ3) is 4.32. The summed E-state index contributed by atoms with van der Waals surface area (Å²) in [4.78, 5) is 23.4. The van der Waals surface area contributed by atoms with Crippen LogP contribution in [0.25, 0.3) is 0 Å². The van der Waals surface area contributed by atoms with E-state index >= 15 is 0 Å². The maximum absolute atomic E-state index is 13.7. The number of nitrogens with zero attached hydrogens (tertiary/aromatic N) is 3. The summed E-state index contributed by atoms with van der Waals surface area (Å²) in [5.41, 5.74) is 1.52. The van der Waals surface area contributed by atoms with Crippen molar-refractivity contribution < 1.29 is 9.18 Å². The van der Waals surface area contributed by atoms with Crippen molar-refractivity contribution in [2.45, 2.75) is 33.2 Å². The first-order valence-corrected chi connectivity index (χ1v) is 8.65. The zero-order valence-corrected chi connectivity index (χ0v) is 14.6. The molecule has 0 unspecified atom stereocenters. The minimum atomic E-state index is -0.329. The molecule has 0 bridgehead atoms. The Hall–Kier alpha value is -2.50. The number of anilines is 1. The highest BCUT2D eigenvalue weighted by Gasteiger charge is 2.20. The Morgan fingerprint density at radius 3 is 2.72 bits per heavy atom. The van der Waals surface area contributed by atoms with E-state index in [1.165, 1.54) is 6.07 Å². The molecule has 0 saturated carbocycles. The van der Waals surface area contributed by atoms with Gasteiger partial charge in [0.2, 0.25) is 5.95 Å². The van der Waals surface area contributed by atoms with Gasteiger partial charge in [0, 0.05) is 30.9 Å². The molecule has 1 aliphatic rings. The number of amides is 1. The number of aromatic nitrogens is 2. The third-order valence-corrected chi connectivity index (χ3v) is 4.54. The Labute approximate surface area is 147 Å². The van der Waals surface area contributed by atoms with Gasteiger partial charge in [-0.15, -0.1) is 0 Å². The van der Waals surface area contributed by atoms with E-state index in [1.807, 2.05) is 6.92 Å². The second-order valence-corrected chi connectivity index (χ2v) is 6.64. The Bertz CT molecular complexity index is 757. The van der Waals surface area contributed by atoms with Crippen LogP contribution in [0.4, 0.5) is 10.3 Å². The van der Waals surface area contributed by atoms with Crippen molar-refractivity contribution >= 4 is 11.9 Å². The van der Waals surface area contributed by atoms with E-state index in [2.05, 4.69) is 27.1 Å². The molecule has 0 radical (unpaired) electrons. The van der Waals surface area contributed by atoms with Gasteiger partial charge in [0.15, 0.2) is 0 Å². The van der Waals surface area contributed by atoms with E-state index in [1.54, 1.807) is 24.3 Å². The minimum absolute atomic E-state index is 0.130. The van der Waals surface area contributed by atoms with Crippen molar-refractivity contribution in [2.75, 3.05) is 18.0 Å². The summed E-state index contributed by atoms with van der Waals surface area (Å²) in [6, 6.07) is 8.06. The monoisotopic (exact) mass is 342 g/mol. The fraction of sp³-hybridized carbons (Fsp3) is 0.421. The summed E-state index contributed by atoms with van der Waals surface area (Å²) < 4.78 is 13.7. The van der Waals surface area contributed by atoms with E-state index in [0.29, 0.717) is 23.1 Å². The van der Waals surface area contributed by atoms with Gasteiger partial charge in [0.1, 0.15) is 11.5 Å². The summed E-state index contributed by atoms with van der Waals surface area (Å²) in [6.45, 7) is 6.04. The van der Waals surface area contributed by atoms with Crippen LogP contribution in [-0.4, -0.2) is 29.0 Å². The molecule has 6 heteroatoms. The maximum atomic E-state index is 13.7. The molecule has 1 aliphatic heterocycles. The second kappa shape index (κ2) is 7.59. The van der Waals surface area contributed by atoms with Gasteiger partial charge in [-0.25, -0.2) is 14.4 Å². The number of hydrogen-bond acceptors (Lipinski definition) is 4. The van der Waals surface area contributed by atoms with E-state index in [4.69, 9.17) is 0 Å². The van der Waals surface area contributed by atoms with Gasteiger partial charge in [0.25, 0.3) is 5.91 Å². The number of carbonyl (C=O) groups excluding carboxylic acids is 1. The molecular weight excluding hydrogens is 319 g/mol. The first-order chi connectivity index (χ1) is 12.0. The molecule has 2 heterocycles. The summed E-state index contributed by atoms with van der Waals surface area (Å²) in [7, 11) is 0. The highest BCUT2D eigenvalue weighted by molar-refractivity contribution is 5.92. The summed E-state index contributed by atoms with van der Waals surface area (Å²) in [5.74, 6) is 0.665. The Morgan fingerprint density at radius 2 is 2.00 bits per heavy atom. The van der Waals surface area contributed by atoms with Crippen LogP contribution in [0.2, 0.25) is 0 Å². The number of hydrogen-bond donors (Lipinski definition) is 1. The summed E-state index contributed by atoms with van der Waals surface area (Å²) in [6.07, 6.45) is 2.21. The van der Waals surface area contributed by atoms with Crippen molar-refractivity contribution in [3.8, 4) is 0 Å². The van der Waals surface area contributed by atoms with Crippen LogP contribution in [0.1, 0.15) is 41.5 Å². The quantitative estimate of drug-likeness (QED) is 0.928. The molecule has 0 spiro atoms. The molecule has 1 aromatic heterocycles. The zero-order valence-electron chi connectivity index (χ0n) is 14.6. The van der Waals surface area contributed by atoms with Gasteiger partial charge in [-0.2, -0.15) is 0 Å². The topological polar surface area (TPSA) is 58.1 Å². The zero-order chi connectivity index (χ0) is 17.8. The number of carbonyl (C=O) groups is 1. The van der Waals surface area contributed by atoms with Crippen molar-refractivity contribution in [3.63, 3.8) is 0 Å². The third-order valence-electron chi connectivity index (χ3n) is 4.54. The lowest BCUT2D eigenvalue weighted by Crippen LogP contribution is -2.35. The van der Waals surface area contributed by atoms with E-state index < -0.39 is 0 Å². The van der Waals surface area contributed by atoms with Gasteiger partial charge >= 0.3 is 0 Å². The van der Waals surface area contributed by atoms with Gasteiger partial charge < -0.3 is 10.2 Å². The molecule has 1 amide bonds. The summed E-state index contributed by atoms with van der Waals surface area (Å²) >= 11 is 0. The molecule has 25 heavy (non-hydrogen) atoms. The predicted octanol–water partition coefficient (Wildman–Crippen LogP) is 3.09. The first kappa shape index (κ1) is 17.3. The van der Waals surface area contributed by atoms with Gasteiger partial charge in [0.05, 0.1) is 0 Å². The van der Waals surface area contributed by atoms with Gasteiger partial charge in [-0.3, -0.25) is 4.79 Å². The number of aryl methyl sites for hydroxylation is 1. The smallest absolute Gasteiger partial charge is 0.270 e. The number of rotatable bonds is 4. The van der Waals surface area contributed by atoms with Gasteiger partial charge in [-0.1, -0.05) is 25.1 Å². The van der Waals surface area contributed by atoms with Crippen LogP contribution in [0, 0.1) is 18.7 Å². The van der Waals surface area contributed by atoms with Crippen LogP contribution in [-0.2, 0) is 6.54 Å².